The van der Waals surface area contributed by atoms with Crippen LogP contribution in [0.25, 0.3) is 0 Å². The molecule has 0 aromatic heterocycles. The molecule has 1 aromatic carbocycles. The highest BCUT2D eigenvalue weighted by Gasteiger charge is 2.96. The number of nitro benzene ring substituents is 1. The van der Waals surface area contributed by atoms with Crippen molar-refractivity contribution in [2.75, 3.05) is 26.8 Å². The van der Waals surface area contributed by atoms with Gasteiger partial charge in [0.2, 0.25) is 17.7 Å². The summed E-state index contributed by atoms with van der Waals surface area (Å²) in [6.45, 7) is 9.19. The van der Waals surface area contributed by atoms with Crippen molar-refractivity contribution in [3.63, 3.8) is 0 Å². The molecule has 16 rings (SSSR count). The predicted molar refractivity (Wildman–Crippen MR) is 252 cm³/mol. The molecule has 1 aromatic rings. The first-order valence-corrected chi connectivity index (χ1v) is 28.7. The second-order valence-electron chi connectivity index (χ2n) is 25.9. The fourth-order valence-corrected chi connectivity index (χ4v) is 24.7. The van der Waals surface area contributed by atoms with Crippen LogP contribution in [0.3, 0.4) is 0 Å². The van der Waals surface area contributed by atoms with Crippen LogP contribution >= 0.6 is 11.8 Å². The summed E-state index contributed by atoms with van der Waals surface area (Å²) in [7, 11) is 1.33. The molecule has 0 radical (unpaired) electrons. The number of nitrogens with one attached hydrogen (secondary N) is 1. The Morgan fingerprint density at radius 1 is 0.708 bits per heavy atom. The Hall–Kier alpha value is -4.41. The van der Waals surface area contributed by atoms with Gasteiger partial charge in [0.1, 0.15) is 6.10 Å². The molecule has 16 nitrogen and oxygen atoms in total. The zero-order valence-electron chi connectivity index (χ0n) is 41.3. The molecule has 30 unspecified atom stereocenters. The molecule has 15 fully saturated rings. The van der Waals surface area contributed by atoms with Gasteiger partial charge in [-0.2, -0.15) is 0 Å². The Bertz CT molecular complexity index is 2700. The number of thioether (sulfide) groups is 1. The van der Waals surface area contributed by atoms with Crippen LogP contribution in [-0.4, -0.2) is 87.9 Å². The molecule has 72 heavy (non-hydrogen) atoms. The van der Waals surface area contributed by atoms with Crippen LogP contribution < -0.4 is 14.8 Å². The molecule has 2 saturated heterocycles. The monoisotopic (exact) mass is 1000 g/mol. The van der Waals surface area contributed by atoms with E-state index in [9.17, 15) is 38.9 Å². The number of hydrogen-bond donors (Lipinski definition) is 1. The molecule has 13 aliphatic carbocycles. The topological polar surface area (TPSA) is 201 Å². The summed E-state index contributed by atoms with van der Waals surface area (Å²) >= 11 is 1.80. The van der Waals surface area contributed by atoms with Crippen LogP contribution in [0.4, 0.5) is 10.5 Å². The Morgan fingerprint density at radius 3 is 1.69 bits per heavy atom. The highest BCUT2D eigenvalue weighted by molar-refractivity contribution is 8.01. The molecular weight excluding hydrogens is 941 g/mol. The highest BCUT2D eigenvalue weighted by Crippen LogP contribution is 2.99. The normalized spacial score (nSPS) is 52.2. The van der Waals surface area contributed by atoms with Gasteiger partial charge in [-0.15, -0.1) is 11.8 Å². The van der Waals surface area contributed by atoms with Crippen LogP contribution in [0.2, 0.25) is 0 Å². The van der Waals surface area contributed by atoms with E-state index in [2.05, 4.69) is 26.1 Å². The maximum absolute atomic E-state index is 13.7. The standard InChI is InChI=1S/C55H64N4O12S/c1-16-17(2)30-29(16)32-33(30)36-35(32)38-39(36)42-41(38)44-45(42)47-46(44)43-40-37-34-31-18(3)53(52(31)51(34)50(37)49(40)48(43)47)72-24-15-28(63)57(54(24)64)11-10-56-25(60)7-6-12-69-23-14-21(59(66)67)20(13-22(23)68-5)19(4)70-55(65)71-58-26(61)8-9-27(58)62/h13-14,16-19,24,29-53H,6-12,15H2,1-5H3,(H,56,60). The number of fused-ring (bicyclic) bond motifs is 34. The number of nitro groups is 1. The lowest BCUT2D eigenvalue weighted by Crippen LogP contribution is -2.96. The lowest BCUT2D eigenvalue weighted by molar-refractivity contribution is -0.525. The van der Waals surface area contributed by atoms with Crippen LogP contribution in [0, 0.1) is 170 Å². The van der Waals surface area contributed by atoms with Crippen molar-refractivity contribution < 1.29 is 52.7 Å². The maximum Gasteiger partial charge on any atom is 0.534 e. The number of carbonyl (C=O) groups is 6. The second-order valence-corrected chi connectivity index (χ2v) is 27.3. The van der Waals surface area contributed by atoms with E-state index in [1.54, 1.807) is 11.8 Å². The molecule has 5 amide bonds. The summed E-state index contributed by atoms with van der Waals surface area (Å²) < 4.78 is 16.3. The van der Waals surface area contributed by atoms with Crippen molar-refractivity contribution in [2.45, 2.75) is 76.4 Å². The number of hydroxylamine groups is 2. The summed E-state index contributed by atoms with van der Waals surface area (Å²) in [5.74, 6) is 26.3. The fraction of sp³-hybridized carbons (Fsp3) is 0.782. The van der Waals surface area contributed by atoms with Gasteiger partial charge >= 0.3 is 6.16 Å². The number of hydrogen-bond acceptors (Lipinski definition) is 13. The smallest absolute Gasteiger partial charge is 0.493 e. The summed E-state index contributed by atoms with van der Waals surface area (Å²) in [5, 5.41) is 15.3. The molecule has 17 heteroatoms. The largest absolute Gasteiger partial charge is 0.534 e. The molecule has 2 aliphatic heterocycles. The van der Waals surface area contributed by atoms with Gasteiger partial charge in [0.25, 0.3) is 17.5 Å². The molecule has 30 atom stereocenters. The summed E-state index contributed by atoms with van der Waals surface area (Å²) in [4.78, 5) is 93.2. The van der Waals surface area contributed by atoms with Gasteiger partial charge < -0.3 is 19.5 Å². The number of ether oxygens (including phenoxy) is 3. The first-order valence-electron chi connectivity index (χ1n) is 27.7. The van der Waals surface area contributed by atoms with Crippen molar-refractivity contribution in [3.8, 4) is 11.5 Å². The average molecular weight is 1010 g/mol. The van der Waals surface area contributed by atoms with E-state index in [0.717, 1.165) is 148 Å². The van der Waals surface area contributed by atoms with Gasteiger partial charge in [0, 0.05) is 44.0 Å². The summed E-state index contributed by atoms with van der Waals surface area (Å²) in [6, 6.07) is 2.41. The average Bonchev–Trinajstić information content (AvgIpc) is 3.78. The fourth-order valence-electron chi connectivity index (χ4n) is 22.8. The van der Waals surface area contributed by atoms with Gasteiger partial charge in [-0.3, -0.25) is 43.8 Å². The van der Waals surface area contributed by atoms with Crippen molar-refractivity contribution >= 4 is 53.1 Å². The number of likely N-dealkylation sites (tertiary alicyclic amines) is 1. The van der Waals surface area contributed by atoms with Gasteiger partial charge in [0.15, 0.2) is 11.5 Å². The molecule has 13 saturated carbocycles. The molecule has 0 bridgehead atoms. The van der Waals surface area contributed by atoms with Crippen LogP contribution in [0.1, 0.15) is 71.5 Å². The minimum Gasteiger partial charge on any atom is -0.493 e. The van der Waals surface area contributed by atoms with Gasteiger partial charge in [-0.1, -0.05) is 25.8 Å². The third kappa shape index (κ3) is 4.93. The number of nitrogens with zero attached hydrogens (tertiary/aromatic N) is 3. The first-order chi connectivity index (χ1) is 34.7. The Balaban J connectivity index is 0.482. The van der Waals surface area contributed by atoms with Crippen LogP contribution in [-0.2, 0) is 33.5 Å². The molecular formula is C55H64N4O12S. The zero-order valence-corrected chi connectivity index (χ0v) is 42.1. The molecule has 2 heterocycles. The number of imide groups is 2. The number of amides is 5. The zero-order chi connectivity index (χ0) is 49.1. The molecule has 1 N–H and O–H groups in total. The Kier molecular flexibility index (Phi) is 8.84. The lowest BCUT2D eigenvalue weighted by atomic mass is 9.05. The minimum atomic E-state index is -1.39. The van der Waals surface area contributed by atoms with Crippen molar-refractivity contribution in [1.29, 1.82) is 0 Å². The van der Waals surface area contributed by atoms with Crippen molar-refractivity contribution in [2.24, 2.45) is 160 Å². The second kappa shape index (κ2) is 14.5. The van der Waals surface area contributed by atoms with Gasteiger partial charge in [-0.05, 0) is 179 Å². The van der Waals surface area contributed by atoms with E-state index in [1.807, 2.05) is 0 Å². The highest BCUT2D eigenvalue weighted by atomic mass is 32.2. The molecule has 0 spiro atoms. The predicted octanol–water partition coefficient (Wildman–Crippen LogP) is 6.26. The lowest BCUT2D eigenvalue weighted by Gasteiger charge is -2.99. The number of methoxy groups -OCH3 is 1. The maximum atomic E-state index is 13.7. The summed E-state index contributed by atoms with van der Waals surface area (Å²) in [6.07, 6.45) is -2.30. The first kappa shape index (κ1) is 43.9. The van der Waals surface area contributed by atoms with Crippen LogP contribution in [0.15, 0.2) is 12.1 Å². The number of benzene rings is 1. The van der Waals surface area contributed by atoms with E-state index < -0.39 is 34.7 Å². The molecule has 382 valence electrons. The van der Waals surface area contributed by atoms with E-state index in [-0.39, 0.29) is 91.8 Å². The molecule has 15 aliphatic rings. The minimum absolute atomic E-state index is 0.00957. The summed E-state index contributed by atoms with van der Waals surface area (Å²) in [5.41, 5.74) is -0.500. The van der Waals surface area contributed by atoms with Crippen molar-refractivity contribution in [1.82, 2.24) is 15.3 Å². The quantitative estimate of drug-likeness (QED) is 0.0516. The van der Waals surface area contributed by atoms with Gasteiger partial charge in [-0.25, -0.2) is 4.79 Å². The van der Waals surface area contributed by atoms with Gasteiger partial charge in [0.05, 0.1) is 35.5 Å². The Morgan fingerprint density at radius 2 is 1.19 bits per heavy atom. The van der Waals surface area contributed by atoms with E-state index in [4.69, 9.17) is 19.0 Å². The van der Waals surface area contributed by atoms with E-state index in [0.29, 0.717) is 16.2 Å². The number of carbonyl (C=O) groups excluding carboxylic acids is 6. The number of rotatable bonds is 15. The van der Waals surface area contributed by atoms with Crippen LogP contribution in [0.5, 0.6) is 11.5 Å². The van der Waals surface area contributed by atoms with E-state index >= 15 is 0 Å². The Labute approximate surface area is 421 Å². The van der Waals surface area contributed by atoms with Crippen molar-refractivity contribution in [3.05, 3.63) is 27.8 Å². The third-order valence-corrected chi connectivity index (χ3v) is 26.8. The SMILES string of the molecule is COc1cc(C(C)OC(=O)ON2C(=O)CCC2=O)c([N+](=O)[O-])cc1OCCCC(=O)NCCN1C(=O)CC(SC2C(C)C3C2C2C3C3C2C2C3C3C2C2C4C5C6C7C8C9C(C)C(C)C9C8C7C6C5C4C32)C1=O. The third-order valence-electron chi connectivity index (χ3n) is 25.0. The van der Waals surface area contributed by atoms with E-state index in [1.165, 1.54) is 36.8 Å².